The molecule has 112 valence electrons. The van der Waals surface area contributed by atoms with Gasteiger partial charge in [-0.15, -0.1) is 0 Å². The Balaban J connectivity index is 1.85. The second-order valence-corrected chi connectivity index (χ2v) is 6.85. The molecular formula is C16H31NO2. The number of hydrogen-bond acceptors (Lipinski definition) is 3. The average Bonchev–Trinajstić information content (AvgIpc) is 2.86. The lowest BCUT2D eigenvalue weighted by molar-refractivity contribution is 0.112. The molecule has 1 saturated heterocycles. The van der Waals surface area contributed by atoms with Gasteiger partial charge in [0.25, 0.3) is 0 Å². The maximum absolute atomic E-state index is 9.28. The number of rotatable bonds is 6. The molecule has 0 aromatic rings. The van der Waals surface area contributed by atoms with Crippen molar-refractivity contribution < 1.29 is 9.84 Å². The van der Waals surface area contributed by atoms with Gasteiger partial charge in [-0.3, -0.25) is 0 Å². The van der Waals surface area contributed by atoms with Crippen LogP contribution in [0.4, 0.5) is 0 Å². The molecule has 3 nitrogen and oxygen atoms in total. The van der Waals surface area contributed by atoms with Crippen LogP contribution in [-0.2, 0) is 4.74 Å². The van der Waals surface area contributed by atoms with E-state index in [9.17, 15) is 5.11 Å². The Morgan fingerprint density at radius 2 is 2.21 bits per heavy atom. The fourth-order valence-electron chi connectivity index (χ4n) is 3.88. The summed E-state index contributed by atoms with van der Waals surface area (Å²) >= 11 is 0. The van der Waals surface area contributed by atoms with Gasteiger partial charge in [0.05, 0.1) is 6.61 Å². The van der Waals surface area contributed by atoms with Crippen LogP contribution in [0.1, 0.15) is 52.4 Å². The Hall–Kier alpha value is -0.120. The van der Waals surface area contributed by atoms with Crippen LogP contribution in [-0.4, -0.2) is 37.5 Å². The van der Waals surface area contributed by atoms with Crippen LogP contribution in [0.2, 0.25) is 0 Å². The maximum atomic E-state index is 9.28. The average molecular weight is 269 g/mol. The smallest absolute Gasteiger partial charge is 0.0536 e. The standard InChI is InChI=1S/C16H31NO2/c1-3-14-10-13(2)4-5-15(14)17-11-16(6-8-18)7-9-19-12-16/h13-15,17-18H,3-12H2,1-2H3. The summed E-state index contributed by atoms with van der Waals surface area (Å²) in [5, 5.41) is 13.1. The zero-order chi connectivity index (χ0) is 13.7. The van der Waals surface area contributed by atoms with E-state index in [1.807, 2.05) is 0 Å². The molecule has 0 aromatic carbocycles. The lowest BCUT2D eigenvalue weighted by Gasteiger charge is -2.38. The molecule has 4 unspecified atom stereocenters. The first-order valence-corrected chi connectivity index (χ1v) is 8.11. The van der Waals surface area contributed by atoms with Crippen LogP contribution in [0.25, 0.3) is 0 Å². The normalized spacial score (nSPS) is 39.6. The van der Waals surface area contributed by atoms with Crippen molar-refractivity contribution in [2.75, 3.05) is 26.4 Å². The summed E-state index contributed by atoms with van der Waals surface area (Å²) in [6.45, 7) is 7.69. The van der Waals surface area contributed by atoms with Crippen molar-refractivity contribution in [3.05, 3.63) is 0 Å². The van der Waals surface area contributed by atoms with Crippen molar-refractivity contribution >= 4 is 0 Å². The highest BCUT2D eigenvalue weighted by molar-refractivity contribution is 4.89. The second-order valence-electron chi connectivity index (χ2n) is 6.85. The molecule has 2 N–H and O–H groups in total. The predicted molar refractivity (Wildman–Crippen MR) is 78.2 cm³/mol. The summed E-state index contributed by atoms with van der Waals surface area (Å²) < 4.78 is 5.57. The van der Waals surface area contributed by atoms with Gasteiger partial charge in [0.2, 0.25) is 0 Å². The van der Waals surface area contributed by atoms with Gasteiger partial charge in [0, 0.05) is 31.2 Å². The Morgan fingerprint density at radius 1 is 1.37 bits per heavy atom. The molecule has 2 rings (SSSR count). The van der Waals surface area contributed by atoms with Gasteiger partial charge < -0.3 is 15.2 Å². The summed E-state index contributed by atoms with van der Waals surface area (Å²) in [6.07, 6.45) is 7.30. The van der Waals surface area contributed by atoms with Crippen molar-refractivity contribution in [3.8, 4) is 0 Å². The summed E-state index contributed by atoms with van der Waals surface area (Å²) in [7, 11) is 0. The third-order valence-corrected chi connectivity index (χ3v) is 5.34. The van der Waals surface area contributed by atoms with Gasteiger partial charge >= 0.3 is 0 Å². The van der Waals surface area contributed by atoms with E-state index in [1.165, 1.54) is 25.7 Å². The highest BCUT2D eigenvalue weighted by Gasteiger charge is 2.36. The zero-order valence-corrected chi connectivity index (χ0v) is 12.7. The van der Waals surface area contributed by atoms with E-state index in [-0.39, 0.29) is 12.0 Å². The summed E-state index contributed by atoms with van der Waals surface area (Å²) in [6, 6.07) is 0.678. The lowest BCUT2D eigenvalue weighted by atomic mass is 9.76. The molecule has 1 heterocycles. The van der Waals surface area contributed by atoms with E-state index < -0.39 is 0 Å². The van der Waals surface area contributed by atoms with Crippen LogP contribution in [0.3, 0.4) is 0 Å². The fourth-order valence-corrected chi connectivity index (χ4v) is 3.88. The third kappa shape index (κ3) is 3.93. The molecule has 1 aliphatic carbocycles. The summed E-state index contributed by atoms with van der Waals surface area (Å²) in [5.41, 5.74) is 0.191. The number of aliphatic hydroxyl groups is 1. The molecule has 0 radical (unpaired) electrons. The number of hydrogen-bond donors (Lipinski definition) is 2. The van der Waals surface area contributed by atoms with E-state index in [4.69, 9.17) is 4.74 Å². The van der Waals surface area contributed by atoms with Crippen molar-refractivity contribution in [3.63, 3.8) is 0 Å². The van der Waals surface area contributed by atoms with Crippen molar-refractivity contribution in [2.24, 2.45) is 17.3 Å². The second kappa shape index (κ2) is 7.05. The Morgan fingerprint density at radius 3 is 2.84 bits per heavy atom. The number of nitrogens with one attached hydrogen (secondary N) is 1. The number of aliphatic hydroxyl groups excluding tert-OH is 1. The largest absolute Gasteiger partial charge is 0.396 e. The lowest BCUT2D eigenvalue weighted by Crippen LogP contribution is -2.46. The van der Waals surface area contributed by atoms with E-state index in [0.29, 0.717) is 6.04 Å². The molecule has 2 aliphatic rings. The molecular weight excluding hydrogens is 238 g/mol. The quantitative estimate of drug-likeness (QED) is 0.779. The van der Waals surface area contributed by atoms with Crippen LogP contribution in [0.15, 0.2) is 0 Å². The molecule has 3 heteroatoms. The maximum Gasteiger partial charge on any atom is 0.0536 e. The van der Waals surface area contributed by atoms with Crippen LogP contribution >= 0.6 is 0 Å². The minimum absolute atomic E-state index is 0.191. The van der Waals surface area contributed by atoms with Crippen LogP contribution in [0, 0.1) is 17.3 Å². The van der Waals surface area contributed by atoms with Gasteiger partial charge in [0.15, 0.2) is 0 Å². The number of ether oxygens (including phenoxy) is 1. The first kappa shape index (κ1) is 15.3. The minimum atomic E-state index is 0.191. The van der Waals surface area contributed by atoms with Gasteiger partial charge in [-0.2, -0.15) is 0 Å². The topological polar surface area (TPSA) is 41.5 Å². The van der Waals surface area contributed by atoms with Gasteiger partial charge in [-0.05, 0) is 43.9 Å². The first-order valence-electron chi connectivity index (χ1n) is 8.11. The molecule has 1 aliphatic heterocycles. The van der Waals surface area contributed by atoms with Crippen molar-refractivity contribution in [1.29, 1.82) is 0 Å². The highest BCUT2D eigenvalue weighted by atomic mass is 16.5. The Labute approximate surface area is 118 Å². The first-order chi connectivity index (χ1) is 9.19. The molecule has 0 amide bonds. The molecule has 0 spiro atoms. The van der Waals surface area contributed by atoms with Crippen LogP contribution < -0.4 is 5.32 Å². The minimum Gasteiger partial charge on any atom is -0.396 e. The Kier molecular flexibility index (Phi) is 5.67. The van der Waals surface area contributed by atoms with Crippen LogP contribution in [0.5, 0.6) is 0 Å². The molecule has 1 saturated carbocycles. The molecule has 19 heavy (non-hydrogen) atoms. The van der Waals surface area contributed by atoms with Gasteiger partial charge in [-0.1, -0.05) is 20.3 Å². The van der Waals surface area contributed by atoms with Crippen molar-refractivity contribution in [2.45, 2.75) is 58.4 Å². The zero-order valence-electron chi connectivity index (χ0n) is 12.7. The summed E-state index contributed by atoms with van der Waals surface area (Å²) in [4.78, 5) is 0. The third-order valence-electron chi connectivity index (χ3n) is 5.34. The van der Waals surface area contributed by atoms with E-state index >= 15 is 0 Å². The van der Waals surface area contributed by atoms with Gasteiger partial charge in [0.1, 0.15) is 0 Å². The fraction of sp³-hybridized carbons (Fsp3) is 1.00. The highest BCUT2D eigenvalue weighted by Crippen LogP contribution is 2.34. The monoisotopic (exact) mass is 269 g/mol. The molecule has 4 atom stereocenters. The van der Waals surface area contributed by atoms with E-state index in [2.05, 4.69) is 19.2 Å². The van der Waals surface area contributed by atoms with E-state index in [1.54, 1.807) is 0 Å². The Bertz CT molecular complexity index is 263. The molecule has 0 bridgehead atoms. The van der Waals surface area contributed by atoms with E-state index in [0.717, 1.165) is 44.4 Å². The summed E-state index contributed by atoms with van der Waals surface area (Å²) in [5.74, 6) is 1.72. The SMILES string of the molecule is CCC1CC(C)CCC1NCC1(CCO)CCOC1. The molecule has 2 fully saturated rings. The van der Waals surface area contributed by atoms with Crippen molar-refractivity contribution in [1.82, 2.24) is 5.32 Å². The molecule has 0 aromatic heterocycles. The predicted octanol–water partition coefficient (Wildman–Crippen LogP) is 2.58. The van der Waals surface area contributed by atoms with Gasteiger partial charge in [-0.25, -0.2) is 0 Å².